The molecule has 0 saturated heterocycles. The lowest BCUT2D eigenvalue weighted by atomic mass is 10.1. The third kappa shape index (κ3) is 3.45. The van der Waals surface area contributed by atoms with Crippen LogP contribution in [0.2, 0.25) is 5.02 Å². The Bertz CT molecular complexity index is 652. The fourth-order valence-electron chi connectivity index (χ4n) is 1.83. The maximum Gasteiger partial charge on any atom is 0.265 e. The van der Waals surface area contributed by atoms with Gasteiger partial charge in [-0.3, -0.25) is 4.79 Å². The van der Waals surface area contributed by atoms with Gasteiger partial charge in [0.15, 0.2) is 0 Å². The van der Waals surface area contributed by atoms with Crippen LogP contribution in [-0.4, -0.2) is 9.97 Å². The van der Waals surface area contributed by atoms with Crippen LogP contribution >= 0.6 is 27.5 Å². The highest BCUT2D eigenvalue weighted by Gasteiger charge is 2.12. The van der Waals surface area contributed by atoms with Crippen LogP contribution in [0.3, 0.4) is 0 Å². The predicted molar refractivity (Wildman–Crippen MR) is 80.9 cm³/mol. The second kappa shape index (κ2) is 5.88. The van der Waals surface area contributed by atoms with Crippen molar-refractivity contribution in [2.45, 2.75) is 26.2 Å². The number of rotatable bonds is 3. The fraction of sp³-hybridized carbons (Fsp3) is 0.286. The lowest BCUT2D eigenvalue weighted by molar-refractivity contribution is 0.775. The molecule has 0 atom stereocenters. The van der Waals surface area contributed by atoms with Crippen LogP contribution in [0.25, 0.3) is 0 Å². The Morgan fingerprint density at radius 1 is 1.42 bits per heavy atom. The highest BCUT2D eigenvalue weighted by Crippen LogP contribution is 2.20. The standard InChI is InChI=1S/C14H14BrClN2O/c1-8(2)13-12(15)14(19)18-11(17-13)7-9-4-3-5-10(16)6-9/h3-6,8H,7H2,1-2H3,(H,17,18,19). The SMILES string of the molecule is CC(C)c1nc(Cc2cccc(Cl)c2)[nH]c(=O)c1Br. The molecule has 2 rings (SSSR count). The molecule has 0 fully saturated rings. The molecule has 1 aromatic carbocycles. The third-order valence-corrected chi connectivity index (χ3v) is 3.75. The number of H-pyrrole nitrogens is 1. The van der Waals surface area contributed by atoms with Crippen molar-refractivity contribution in [2.24, 2.45) is 0 Å². The summed E-state index contributed by atoms with van der Waals surface area (Å²) in [7, 11) is 0. The lowest BCUT2D eigenvalue weighted by Crippen LogP contribution is -2.16. The van der Waals surface area contributed by atoms with E-state index in [4.69, 9.17) is 11.6 Å². The number of nitrogens with one attached hydrogen (secondary N) is 1. The summed E-state index contributed by atoms with van der Waals surface area (Å²) in [6.45, 7) is 4.02. The van der Waals surface area contributed by atoms with Gasteiger partial charge in [0.25, 0.3) is 5.56 Å². The first-order chi connectivity index (χ1) is 8.97. The van der Waals surface area contributed by atoms with E-state index >= 15 is 0 Å². The first-order valence-electron chi connectivity index (χ1n) is 6.00. The Balaban J connectivity index is 2.39. The molecule has 0 aliphatic rings. The number of hydrogen-bond donors (Lipinski definition) is 1. The van der Waals surface area contributed by atoms with Gasteiger partial charge < -0.3 is 4.98 Å². The van der Waals surface area contributed by atoms with Crippen LogP contribution in [0.4, 0.5) is 0 Å². The van der Waals surface area contributed by atoms with Crippen molar-refractivity contribution in [3.8, 4) is 0 Å². The number of aromatic nitrogens is 2. The number of nitrogens with zero attached hydrogens (tertiary/aromatic N) is 1. The van der Waals surface area contributed by atoms with Crippen LogP contribution in [0, 0.1) is 0 Å². The average Bonchev–Trinajstić information content (AvgIpc) is 2.33. The van der Waals surface area contributed by atoms with Crippen LogP contribution < -0.4 is 5.56 Å². The number of aromatic amines is 1. The highest BCUT2D eigenvalue weighted by atomic mass is 79.9. The molecule has 3 nitrogen and oxygen atoms in total. The monoisotopic (exact) mass is 340 g/mol. The van der Waals surface area contributed by atoms with Crippen molar-refractivity contribution >= 4 is 27.5 Å². The summed E-state index contributed by atoms with van der Waals surface area (Å²) in [5.41, 5.74) is 1.66. The average molecular weight is 342 g/mol. The summed E-state index contributed by atoms with van der Waals surface area (Å²) >= 11 is 9.23. The molecule has 0 bridgehead atoms. The van der Waals surface area contributed by atoms with Gasteiger partial charge in [-0.2, -0.15) is 0 Å². The molecule has 1 heterocycles. The van der Waals surface area contributed by atoms with E-state index < -0.39 is 0 Å². The molecule has 1 aromatic heterocycles. The Hall–Kier alpha value is -1.13. The summed E-state index contributed by atoms with van der Waals surface area (Å²) < 4.78 is 0.511. The van der Waals surface area contributed by atoms with Gasteiger partial charge in [0.1, 0.15) is 10.3 Å². The van der Waals surface area contributed by atoms with E-state index in [1.807, 2.05) is 38.1 Å². The molecule has 0 radical (unpaired) electrons. The maximum absolute atomic E-state index is 11.9. The molecule has 0 aliphatic heterocycles. The normalized spacial score (nSPS) is 11.0. The van der Waals surface area contributed by atoms with Gasteiger partial charge in [-0.25, -0.2) is 4.98 Å². The minimum absolute atomic E-state index is 0.143. The molecule has 0 unspecified atom stereocenters. The Morgan fingerprint density at radius 3 is 2.79 bits per heavy atom. The molecule has 100 valence electrons. The van der Waals surface area contributed by atoms with Crippen LogP contribution in [0.15, 0.2) is 33.5 Å². The van der Waals surface area contributed by atoms with Gasteiger partial charge in [0.05, 0.1) is 5.69 Å². The molecule has 0 amide bonds. The maximum atomic E-state index is 11.9. The van der Waals surface area contributed by atoms with Gasteiger partial charge in [-0.1, -0.05) is 37.6 Å². The molecule has 0 saturated carbocycles. The minimum atomic E-state index is -0.143. The molecule has 1 N–H and O–H groups in total. The van der Waals surface area contributed by atoms with Gasteiger partial charge in [0, 0.05) is 11.4 Å². The number of halogens is 2. The predicted octanol–water partition coefficient (Wildman–Crippen LogP) is 3.90. The fourth-order valence-corrected chi connectivity index (χ4v) is 2.69. The van der Waals surface area contributed by atoms with E-state index in [0.29, 0.717) is 21.7 Å². The molecular formula is C14H14BrClN2O. The molecule has 5 heteroatoms. The van der Waals surface area contributed by atoms with E-state index in [1.54, 1.807) is 0 Å². The van der Waals surface area contributed by atoms with Gasteiger partial charge in [-0.05, 0) is 39.5 Å². The zero-order chi connectivity index (χ0) is 14.0. The van der Waals surface area contributed by atoms with Crippen molar-refractivity contribution < 1.29 is 0 Å². The molecular weight excluding hydrogens is 328 g/mol. The van der Waals surface area contributed by atoms with Gasteiger partial charge in [0.2, 0.25) is 0 Å². The molecule has 0 spiro atoms. The van der Waals surface area contributed by atoms with Crippen LogP contribution in [0.1, 0.15) is 36.8 Å². The largest absolute Gasteiger partial charge is 0.309 e. The summed E-state index contributed by atoms with van der Waals surface area (Å²) in [4.78, 5) is 19.1. The quantitative estimate of drug-likeness (QED) is 0.920. The van der Waals surface area contributed by atoms with Crippen LogP contribution in [-0.2, 0) is 6.42 Å². The summed E-state index contributed by atoms with van der Waals surface area (Å²) in [6.07, 6.45) is 0.558. The Morgan fingerprint density at radius 2 is 2.16 bits per heavy atom. The minimum Gasteiger partial charge on any atom is -0.309 e. The van der Waals surface area contributed by atoms with E-state index in [-0.39, 0.29) is 11.5 Å². The van der Waals surface area contributed by atoms with E-state index in [9.17, 15) is 4.79 Å². The van der Waals surface area contributed by atoms with E-state index in [2.05, 4.69) is 25.9 Å². The van der Waals surface area contributed by atoms with Crippen molar-refractivity contribution in [2.75, 3.05) is 0 Å². The molecule has 2 aromatic rings. The molecule has 0 aliphatic carbocycles. The van der Waals surface area contributed by atoms with Crippen molar-refractivity contribution in [3.05, 3.63) is 61.2 Å². The van der Waals surface area contributed by atoms with E-state index in [0.717, 1.165) is 11.3 Å². The van der Waals surface area contributed by atoms with Crippen molar-refractivity contribution in [1.29, 1.82) is 0 Å². The smallest absolute Gasteiger partial charge is 0.265 e. The highest BCUT2D eigenvalue weighted by molar-refractivity contribution is 9.10. The zero-order valence-electron chi connectivity index (χ0n) is 10.7. The van der Waals surface area contributed by atoms with Gasteiger partial charge >= 0.3 is 0 Å². The second-order valence-corrected chi connectivity index (χ2v) is 5.90. The summed E-state index contributed by atoms with van der Waals surface area (Å²) in [5.74, 6) is 0.842. The van der Waals surface area contributed by atoms with Crippen molar-refractivity contribution in [1.82, 2.24) is 9.97 Å². The topological polar surface area (TPSA) is 45.8 Å². The van der Waals surface area contributed by atoms with Crippen molar-refractivity contribution in [3.63, 3.8) is 0 Å². The Labute approximate surface area is 125 Å². The second-order valence-electron chi connectivity index (χ2n) is 4.67. The first kappa shape index (κ1) is 14.3. The number of hydrogen-bond acceptors (Lipinski definition) is 2. The summed E-state index contributed by atoms with van der Waals surface area (Å²) in [6, 6.07) is 7.54. The number of benzene rings is 1. The third-order valence-electron chi connectivity index (χ3n) is 2.74. The summed E-state index contributed by atoms with van der Waals surface area (Å²) in [5, 5.41) is 0.682. The first-order valence-corrected chi connectivity index (χ1v) is 7.17. The van der Waals surface area contributed by atoms with E-state index in [1.165, 1.54) is 0 Å². The van der Waals surface area contributed by atoms with Crippen LogP contribution in [0.5, 0.6) is 0 Å². The lowest BCUT2D eigenvalue weighted by Gasteiger charge is -2.09. The molecule has 19 heavy (non-hydrogen) atoms. The zero-order valence-corrected chi connectivity index (χ0v) is 13.0. The Kier molecular flexibility index (Phi) is 4.42. The van der Waals surface area contributed by atoms with Gasteiger partial charge in [-0.15, -0.1) is 0 Å².